The highest BCUT2D eigenvalue weighted by molar-refractivity contribution is 6.08. The van der Waals surface area contributed by atoms with Crippen molar-refractivity contribution in [1.82, 2.24) is 0 Å². The molecule has 108 valence electrons. The van der Waals surface area contributed by atoms with Crippen molar-refractivity contribution in [1.29, 1.82) is 0 Å². The van der Waals surface area contributed by atoms with Crippen LogP contribution in [-0.2, 0) is 0 Å². The standard InChI is InChI=1S/C14H12FN3O3/c1-8-2-4-11(16)10(6-8)14(19)17-12-7-9(15)3-5-13(12)18(20)21/h2-7H,16H2,1H3,(H,17,19). The molecule has 0 aliphatic heterocycles. The molecule has 0 unspecified atom stereocenters. The molecule has 6 nitrogen and oxygen atoms in total. The molecule has 0 saturated carbocycles. The SMILES string of the molecule is Cc1ccc(N)c(C(=O)Nc2cc(F)ccc2[N+](=O)[O-])c1. The Bertz CT molecular complexity index is 731. The quantitative estimate of drug-likeness (QED) is 0.515. The van der Waals surface area contributed by atoms with Crippen molar-refractivity contribution < 1.29 is 14.1 Å². The molecule has 3 N–H and O–H groups in total. The highest BCUT2D eigenvalue weighted by Gasteiger charge is 2.18. The number of carbonyl (C=O) groups excluding carboxylic acids is 1. The number of nitro benzene ring substituents is 1. The number of halogens is 1. The van der Waals surface area contributed by atoms with Gasteiger partial charge < -0.3 is 11.1 Å². The van der Waals surface area contributed by atoms with Gasteiger partial charge in [-0.25, -0.2) is 4.39 Å². The predicted molar refractivity (Wildman–Crippen MR) is 76.6 cm³/mol. The smallest absolute Gasteiger partial charge is 0.292 e. The van der Waals surface area contributed by atoms with E-state index in [1.165, 1.54) is 0 Å². The molecule has 0 spiro atoms. The fraction of sp³-hybridized carbons (Fsp3) is 0.0714. The summed E-state index contributed by atoms with van der Waals surface area (Å²) in [5.41, 5.74) is 6.31. The molecule has 0 fully saturated rings. The molecule has 21 heavy (non-hydrogen) atoms. The number of amides is 1. The lowest BCUT2D eigenvalue weighted by Crippen LogP contribution is -2.15. The molecule has 0 aliphatic carbocycles. The lowest BCUT2D eigenvalue weighted by molar-refractivity contribution is -0.384. The van der Waals surface area contributed by atoms with E-state index < -0.39 is 22.3 Å². The molecule has 2 aromatic rings. The van der Waals surface area contributed by atoms with E-state index in [4.69, 9.17) is 5.73 Å². The fourth-order valence-electron chi connectivity index (χ4n) is 1.82. The fourth-order valence-corrected chi connectivity index (χ4v) is 1.82. The van der Waals surface area contributed by atoms with E-state index >= 15 is 0 Å². The van der Waals surface area contributed by atoms with Gasteiger partial charge in [-0.3, -0.25) is 14.9 Å². The number of hydrogen-bond donors (Lipinski definition) is 2. The van der Waals surface area contributed by atoms with Crippen molar-refractivity contribution in [2.75, 3.05) is 11.1 Å². The summed E-state index contributed by atoms with van der Waals surface area (Å²) in [6.07, 6.45) is 0. The Kier molecular flexibility index (Phi) is 3.84. The summed E-state index contributed by atoms with van der Waals surface area (Å²) >= 11 is 0. The zero-order valence-electron chi connectivity index (χ0n) is 11.1. The van der Waals surface area contributed by atoms with Gasteiger partial charge in [0.15, 0.2) is 0 Å². The highest BCUT2D eigenvalue weighted by Crippen LogP contribution is 2.26. The third-order valence-corrected chi connectivity index (χ3v) is 2.86. The lowest BCUT2D eigenvalue weighted by atomic mass is 10.1. The minimum absolute atomic E-state index is 0.175. The zero-order chi connectivity index (χ0) is 15.6. The summed E-state index contributed by atoms with van der Waals surface area (Å²) in [6.45, 7) is 1.78. The van der Waals surface area contributed by atoms with Crippen LogP contribution in [0.3, 0.4) is 0 Å². The largest absolute Gasteiger partial charge is 0.398 e. The van der Waals surface area contributed by atoms with Crippen LogP contribution in [0.4, 0.5) is 21.5 Å². The van der Waals surface area contributed by atoms with Crippen molar-refractivity contribution in [3.63, 3.8) is 0 Å². The van der Waals surface area contributed by atoms with Gasteiger partial charge in [0, 0.05) is 17.8 Å². The number of nitrogens with one attached hydrogen (secondary N) is 1. The van der Waals surface area contributed by atoms with Crippen LogP contribution < -0.4 is 11.1 Å². The molecule has 0 aliphatic rings. The Labute approximate surface area is 119 Å². The Morgan fingerprint density at radius 2 is 2.00 bits per heavy atom. The number of nitrogen functional groups attached to an aromatic ring is 1. The Hall–Kier alpha value is -2.96. The Balaban J connectivity index is 2.38. The summed E-state index contributed by atoms with van der Waals surface area (Å²) in [4.78, 5) is 22.3. The molecule has 0 aromatic heterocycles. The molecular weight excluding hydrogens is 277 g/mol. The Morgan fingerprint density at radius 1 is 1.29 bits per heavy atom. The molecule has 0 atom stereocenters. The number of nitro groups is 1. The minimum Gasteiger partial charge on any atom is -0.398 e. The number of nitrogens with zero attached hydrogens (tertiary/aromatic N) is 1. The number of hydrogen-bond acceptors (Lipinski definition) is 4. The van der Waals surface area contributed by atoms with Crippen molar-refractivity contribution in [2.24, 2.45) is 0 Å². The van der Waals surface area contributed by atoms with E-state index in [2.05, 4.69) is 5.32 Å². The first-order chi connectivity index (χ1) is 9.88. The molecule has 2 rings (SSSR count). The number of nitrogens with two attached hydrogens (primary N) is 1. The minimum atomic E-state index is -0.700. The van der Waals surface area contributed by atoms with Crippen LogP contribution in [0.5, 0.6) is 0 Å². The van der Waals surface area contributed by atoms with Gasteiger partial charge in [0.2, 0.25) is 0 Å². The molecule has 0 saturated heterocycles. The summed E-state index contributed by atoms with van der Waals surface area (Å²) in [5.74, 6) is -1.32. The molecule has 0 heterocycles. The van der Waals surface area contributed by atoms with E-state index in [0.717, 1.165) is 23.8 Å². The first kappa shape index (κ1) is 14.4. The van der Waals surface area contributed by atoms with Crippen molar-refractivity contribution in [2.45, 2.75) is 6.92 Å². The average molecular weight is 289 g/mol. The van der Waals surface area contributed by atoms with Crippen LogP contribution in [-0.4, -0.2) is 10.8 Å². The van der Waals surface area contributed by atoms with Crippen LogP contribution in [0.2, 0.25) is 0 Å². The molecule has 7 heteroatoms. The third-order valence-electron chi connectivity index (χ3n) is 2.86. The van der Waals surface area contributed by atoms with Gasteiger partial charge in [-0.1, -0.05) is 11.6 Å². The van der Waals surface area contributed by atoms with E-state index in [1.54, 1.807) is 25.1 Å². The normalized spacial score (nSPS) is 10.2. The van der Waals surface area contributed by atoms with Crippen LogP contribution in [0.25, 0.3) is 0 Å². The number of benzene rings is 2. The Morgan fingerprint density at radius 3 is 2.67 bits per heavy atom. The third kappa shape index (κ3) is 3.14. The van der Waals surface area contributed by atoms with E-state index in [0.29, 0.717) is 0 Å². The van der Waals surface area contributed by atoms with Crippen LogP contribution in [0.1, 0.15) is 15.9 Å². The highest BCUT2D eigenvalue weighted by atomic mass is 19.1. The maximum absolute atomic E-state index is 13.2. The van der Waals surface area contributed by atoms with Gasteiger partial charge in [0.1, 0.15) is 11.5 Å². The van der Waals surface area contributed by atoms with Crippen LogP contribution in [0.15, 0.2) is 36.4 Å². The molecule has 0 bridgehead atoms. The topological polar surface area (TPSA) is 98.3 Å². The summed E-state index contributed by atoms with van der Waals surface area (Å²) in [6, 6.07) is 7.68. The number of anilines is 2. The van der Waals surface area contributed by atoms with E-state index in [-0.39, 0.29) is 16.9 Å². The maximum atomic E-state index is 13.2. The van der Waals surface area contributed by atoms with E-state index in [1.807, 2.05) is 0 Å². The summed E-state index contributed by atoms with van der Waals surface area (Å²) < 4.78 is 13.2. The average Bonchev–Trinajstić information content (AvgIpc) is 2.41. The van der Waals surface area contributed by atoms with Gasteiger partial charge in [0.05, 0.1) is 10.5 Å². The molecular formula is C14H12FN3O3. The maximum Gasteiger partial charge on any atom is 0.292 e. The predicted octanol–water partition coefficient (Wildman–Crippen LogP) is 2.88. The number of aryl methyl sites for hydroxylation is 1. The molecule has 2 aromatic carbocycles. The van der Waals surface area contributed by atoms with Crippen molar-refractivity contribution >= 4 is 23.0 Å². The molecule has 1 amide bonds. The zero-order valence-corrected chi connectivity index (χ0v) is 11.1. The van der Waals surface area contributed by atoms with Crippen molar-refractivity contribution in [3.8, 4) is 0 Å². The first-order valence-corrected chi connectivity index (χ1v) is 6.00. The van der Waals surface area contributed by atoms with Crippen molar-refractivity contribution in [3.05, 3.63) is 63.5 Å². The van der Waals surface area contributed by atoms with Gasteiger partial charge in [-0.15, -0.1) is 0 Å². The van der Waals surface area contributed by atoms with E-state index in [9.17, 15) is 19.3 Å². The van der Waals surface area contributed by atoms with Gasteiger partial charge >= 0.3 is 0 Å². The number of rotatable bonds is 3. The summed E-state index contributed by atoms with van der Waals surface area (Å²) in [5, 5.41) is 13.2. The van der Waals surface area contributed by atoms with Gasteiger partial charge in [0.25, 0.3) is 11.6 Å². The van der Waals surface area contributed by atoms with Crippen LogP contribution >= 0.6 is 0 Å². The second kappa shape index (κ2) is 5.58. The summed E-state index contributed by atoms with van der Waals surface area (Å²) in [7, 11) is 0. The lowest BCUT2D eigenvalue weighted by Gasteiger charge is -2.09. The van der Waals surface area contributed by atoms with Crippen LogP contribution in [0, 0.1) is 22.9 Å². The van der Waals surface area contributed by atoms with Gasteiger partial charge in [-0.05, 0) is 25.1 Å². The first-order valence-electron chi connectivity index (χ1n) is 6.00. The second-order valence-electron chi connectivity index (χ2n) is 4.46. The second-order valence-corrected chi connectivity index (χ2v) is 4.46. The molecule has 0 radical (unpaired) electrons. The van der Waals surface area contributed by atoms with Gasteiger partial charge in [-0.2, -0.15) is 0 Å². The number of carbonyl (C=O) groups is 1. The monoisotopic (exact) mass is 289 g/mol.